The van der Waals surface area contributed by atoms with Crippen LogP contribution in [0.25, 0.3) is 0 Å². The van der Waals surface area contributed by atoms with Gasteiger partial charge in [-0.05, 0) is 43.4 Å². The Kier molecular flexibility index (Phi) is 6.79. The Morgan fingerprint density at radius 3 is 2.40 bits per heavy atom. The number of allylic oxidation sites excluding steroid dienone is 2. The fourth-order valence-electron chi connectivity index (χ4n) is 3.13. The minimum atomic E-state index is -3.44. The zero-order valence-corrected chi connectivity index (χ0v) is 16.1. The van der Waals surface area contributed by atoms with Gasteiger partial charge in [-0.3, -0.25) is 4.79 Å². The molecular formula is C19H28N2O3S. The molecule has 2 unspecified atom stereocenters. The number of carbonyl (C=O) groups excluding carboxylic acids is 1. The molecule has 0 fully saturated rings. The average molecular weight is 365 g/mol. The van der Waals surface area contributed by atoms with E-state index < -0.39 is 10.0 Å². The van der Waals surface area contributed by atoms with Gasteiger partial charge in [0, 0.05) is 19.5 Å². The van der Waals surface area contributed by atoms with Gasteiger partial charge in [0.05, 0.1) is 10.9 Å². The third-order valence-electron chi connectivity index (χ3n) is 4.66. The maximum atomic E-state index is 12.5. The van der Waals surface area contributed by atoms with E-state index in [1.54, 1.807) is 24.3 Å². The quantitative estimate of drug-likeness (QED) is 0.720. The molecule has 0 aliphatic heterocycles. The highest BCUT2D eigenvalue weighted by atomic mass is 32.2. The minimum Gasteiger partial charge on any atom is -0.350 e. The van der Waals surface area contributed by atoms with Crippen LogP contribution in [-0.4, -0.2) is 31.7 Å². The molecule has 1 aromatic carbocycles. The van der Waals surface area contributed by atoms with Crippen LogP contribution in [0.2, 0.25) is 0 Å². The first-order valence-electron chi connectivity index (χ1n) is 8.94. The van der Waals surface area contributed by atoms with Gasteiger partial charge >= 0.3 is 0 Å². The van der Waals surface area contributed by atoms with Crippen LogP contribution in [-0.2, 0) is 14.8 Å². The van der Waals surface area contributed by atoms with Crippen LogP contribution in [0.1, 0.15) is 51.6 Å². The highest BCUT2D eigenvalue weighted by molar-refractivity contribution is 7.89. The van der Waals surface area contributed by atoms with E-state index in [0.29, 0.717) is 25.4 Å². The maximum absolute atomic E-state index is 12.5. The van der Waals surface area contributed by atoms with E-state index in [1.807, 2.05) is 20.8 Å². The fourth-order valence-corrected chi connectivity index (χ4v) is 4.59. The molecule has 2 atom stereocenters. The Morgan fingerprint density at radius 2 is 1.88 bits per heavy atom. The molecule has 0 saturated carbocycles. The number of amides is 1. The van der Waals surface area contributed by atoms with Gasteiger partial charge in [0.15, 0.2) is 0 Å². The van der Waals surface area contributed by atoms with Crippen molar-refractivity contribution in [1.82, 2.24) is 9.62 Å². The van der Waals surface area contributed by atoms with E-state index in [4.69, 9.17) is 0 Å². The van der Waals surface area contributed by atoms with Gasteiger partial charge in [0.1, 0.15) is 0 Å². The summed E-state index contributed by atoms with van der Waals surface area (Å²) < 4.78 is 26.4. The van der Waals surface area contributed by atoms with Gasteiger partial charge in [0.25, 0.3) is 0 Å². The second-order valence-corrected chi connectivity index (χ2v) is 8.36. The van der Waals surface area contributed by atoms with Crippen LogP contribution in [0, 0.1) is 5.92 Å². The molecule has 2 rings (SSSR count). The molecule has 1 N–H and O–H groups in total. The summed E-state index contributed by atoms with van der Waals surface area (Å²) in [5.41, 5.74) is 0.897. The molecule has 1 aliphatic carbocycles. The largest absolute Gasteiger partial charge is 0.350 e. The Balaban J connectivity index is 2.01. The van der Waals surface area contributed by atoms with Crippen LogP contribution in [0.15, 0.2) is 41.3 Å². The zero-order chi connectivity index (χ0) is 18.4. The predicted molar refractivity (Wildman–Crippen MR) is 99.6 cm³/mol. The number of sulfonamides is 1. The van der Waals surface area contributed by atoms with E-state index >= 15 is 0 Å². The summed E-state index contributed by atoms with van der Waals surface area (Å²) in [7, 11) is -3.44. The lowest BCUT2D eigenvalue weighted by atomic mass is 10.0. The van der Waals surface area contributed by atoms with Gasteiger partial charge in [-0.2, -0.15) is 4.31 Å². The van der Waals surface area contributed by atoms with Crippen molar-refractivity contribution in [2.45, 2.75) is 51.0 Å². The molecule has 0 bridgehead atoms. The van der Waals surface area contributed by atoms with Gasteiger partial charge in [-0.1, -0.05) is 38.1 Å². The molecule has 0 spiro atoms. The first kappa shape index (κ1) is 19.7. The fraction of sp³-hybridized carbons (Fsp3) is 0.526. The van der Waals surface area contributed by atoms with Crippen LogP contribution in [0.5, 0.6) is 0 Å². The third-order valence-corrected chi connectivity index (χ3v) is 6.72. The first-order chi connectivity index (χ1) is 11.9. The van der Waals surface area contributed by atoms with Crippen molar-refractivity contribution in [2.24, 2.45) is 5.92 Å². The van der Waals surface area contributed by atoms with Crippen LogP contribution < -0.4 is 5.32 Å². The maximum Gasteiger partial charge on any atom is 0.243 e. The van der Waals surface area contributed by atoms with Crippen LogP contribution in [0.3, 0.4) is 0 Å². The molecule has 1 aliphatic rings. The number of nitrogens with one attached hydrogen (secondary N) is 1. The lowest BCUT2D eigenvalue weighted by molar-refractivity contribution is -0.122. The second-order valence-electron chi connectivity index (χ2n) is 6.42. The summed E-state index contributed by atoms with van der Waals surface area (Å²) in [6.45, 7) is 6.46. The Bertz CT molecular complexity index is 707. The third kappa shape index (κ3) is 4.92. The Morgan fingerprint density at radius 1 is 1.24 bits per heavy atom. The number of carbonyl (C=O) groups is 1. The van der Waals surface area contributed by atoms with Gasteiger partial charge in [-0.15, -0.1) is 0 Å². The van der Waals surface area contributed by atoms with Gasteiger partial charge in [0.2, 0.25) is 15.9 Å². The standard InChI is InChI=1S/C19H28N2O3S/c1-4-21(5-2)25(23,24)18-12-10-17(11-13-18)15(3)20-19(22)14-16-8-6-7-9-16/h6,8,10-13,15-16H,4-5,7,9,14H2,1-3H3,(H,20,22). The lowest BCUT2D eigenvalue weighted by Gasteiger charge is -2.19. The van der Waals surface area contributed by atoms with E-state index in [9.17, 15) is 13.2 Å². The molecule has 0 saturated heterocycles. The SMILES string of the molecule is CCN(CC)S(=O)(=O)c1ccc(C(C)NC(=O)CC2C=CCC2)cc1. The smallest absolute Gasteiger partial charge is 0.243 e. The van der Waals surface area contributed by atoms with Gasteiger partial charge in [-0.25, -0.2) is 8.42 Å². The van der Waals surface area contributed by atoms with Crippen molar-refractivity contribution in [3.63, 3.8) is 0 Å². The summed E-state index contributed by atoms with van der Waals surface area (Å²) in [5, 5.41) is 2.99. The summed E-state index contributed by atoms with van der Waals surface area (Å²) in [6, 6.07) is 6.63. The molecule has 138 valence electrons. The molecule has 6 heteroatoms. The highest BCUT2D eigenvalue weighted by Gasteiger charge is 2.22. The van der Waals surface area contributed by atoms with E-state index in [2.05, 4.69) is 17.5 Å². The van der Waals surface area contributed by atoms with Crippen molar-refractivity contribution < 1.29 is 13.2 Å². The van der Waals surface area contributed by atoms with Crippen LogP contribution in [0.4, 0.5) is 0 Å². The first-order valence-corrected chi connectivity index (χ1v) is 10.4. The summed E-state index contributed by atoms with van der Waals surface area (Å²) in [6.07, 6.45) is 6.83. The normalized spacial score (nSPS) is 18.5. The molecule has 1 aromatic rings. The van der Waals surface area contributed by atoms with Crippen molar-refractivity contribution in [3.05, 3.63) is 42.0 Å². The molecule has 5 nitrogen and oxygen atoms in total. The summed E-state index contributed by atoms with van der Waals surface area (Å²) in [5.74, 6) is 0.373. The number of nitrogens with zero attached hydrogens (tertiary/aromatic N) is 1. The number of rotatable bonds is 8. The highest BCUT2D eigenvalue weighted by Crippen LogP contribution is 2.22. The average Bonchev–Trinajstić information content (AvgIpc) is 3.08. The predicted octanol–water partition coefficient (Wildman–Crippen LogP) is 3.25. The number of hydrogen-bond donors (Lipinski definition) is 1. The monoisotopic (exact) mass is 364 g/mol. The number of benzene rings is 1. The van der Waals surface area contributed by atoms with E-state index in [-0.39, 0.29) is 16.8 Å². The van der Waals surface area contributed by atoms with Crippen molar-refractivity contribution in [2.75, 3.05) is 13.1 Å². The van der Waals surface area contributed by atoms with Crippen LogP contribution >= 0.6 is 0 Å². The second kappa shape index (κ2) is 8.63. The summed E-state index contributed by atoms with van der Waals surface area (Å²) in [4.78, 5) is 12.4. The number of hydrogen-bond acceptors (Lipinski definition) is 3. The van der Waals surface area contributed by atoms with Crippen molar-refractivity contribution >= 4 is 15.9 Å². The molecular weight excluding hydrogens is 336 g/mol. The Hall–Kier alpha value is -1.66. The topological polar surface area (TPSA) is 66.5 Å². The minimum absolute atomic E-state index is 0.0314. The Labute approximate surface area is 151 Å². The molecule has 25 heavy (non-hydrogen) atoms. The lowest BCUT2D eigenvalue weighted by Crippen LogP contribution is -2.30. The molecule has 0 aromatic heterocycles. The molecule has 1 amide bonds. The van der Waals surface area contributed by atoms with Crippen molar-refractivity contribution in [3.8, 4) is 0 Å². The van der Waals surface area contributed by atoms with Gasteiger partial charge < -0.3 is 5.32 Å². The molecule has 0 heterocycles. The molecule has 0 radical (unpaired) electrons. The van der Waals surface area contributed by atoms with E-state index in [1.165, 1.54) is 4.31 Å². The summed E-state index contributed by atoms with van der Waals surface area (Å²) >= 11 is 0. The van der Waals surface area contributed by atoms with Crippen molar-refractivity contribution in [1.29, 1.82) is 0 Å². The van der Waals surface area contributed by atoms with E-state index in [0.717, 1.165) is 18.4 Å². The zero-order valence-electron chi connectivity index (χ0n) is 15.2.